The van der Waals surface area contributed by atoms with E-state index in [1.807, 2.05) is 13.8 Å². The van der Waals surface area contributed by atoms with E-state index in [2.05, 4.69) is 11.9 Å². The van der Waals surface area contributed by atoms with Crippen molar-refractivity contribution in [1.82, 2.24) is 5.32 Å². The van der Waals surface area contributed by atoms with Gasteiger partial charge in [-0.25, -0.2) is 4.39 Å². The number of ether oxygens (including phenoxy) is 1. The van der Waals surface area contributed by atoms with Crippen molar-refractivity contribution in [1.29, 1.82) is 0 Å². The van der Waals surface area contributed by atoms with Crippen LogP contribution in [0.25, 0.3) is 0 Å². The third-order valence-corrected chi connectivity index (χ3v) is 2.20. The molecule has 2 nitrogen and oxygen atoms in total. The predicted octanol–water partition coefficient (Wildman–Crippen LogP) is 2.68. The van der Waals surface area contributed by atoms with Gasteiger partial charge >= 0.3 is 0 Å². The van der Waals surface area contributed by atoms with Gasteiger partial charge < -0.3 is 10.1 Å². The van der Waals surface area contributed by atoms with Gasteiger partial charge in [0.05, 0.1) is 0 Å². The summed E-state index contributed by atoms with van der Waals surface area (Å²) in [4.78, 5) is 0. The summed E-state index contributed by atoms with van der Waals surface area (Å²) in [6, 6.07) is 4.57. The average molecular weight is 223 g/mol. The van der Waals surface area contributed by atoms with Gasteiger partial charge in [-0.15, -0.1) is 6.58 Å². The van der Waals surface area contributed by atoms with Crippen LogP contribution < -0.4 is 10.1 Å². The fourth-order valence-electron chi connectivity index (χ4n) is 1.35. The first-order valence-electron chi connectivity index (χ1n) is 5.38. The lowest BCUT2D eigenvalue weighted by Crippen LogP contribution is -2.29. The molecule has 0 amide bonds. The summed E-state index contributed by atoms with van der Waals surface area (Å²) in [6.07, 6.45) is 1.79. The Morgan fingerprint density at radius 2 is 2.31 bits per heavy atom. The van der Waals surface area contributed by atoms with E-state index in [0.717, 1.165) is 12.1 Å². The number of aryl methyl sites for hydroxylation is 1. The van der Waals surface area contributed by atoms with Crippen LogP contribution in [0.3, 0.4) is 0 Å². The normalized spacial score (nSPS) is 12.2. The maximum Gasteiger partial charge on any atom is 0.126 e. The van der Waals surface area contributed by atoms with Gasteiger partial charge in [0.25, 0.3) is 0 Å². The number of halogens is 1. The Labute approximate surface area is 96.1 Å². The van der Waals surface area contributed by atoms with Gasteiger partial charge in [0.15, 0.2) is 0 Å². The predicted molar refractivity (Wildman–Crippen MR) is 64.3 cm³/mol. The van der Waals surface area contributed by atoms with Crippen molar-refractivity contribution in [3.63, 3.8) is 0 Å². The number of hydrogen-bond acceptors (Lipinski definition) is 2. The van der Waals surface area contributed by atoms with E-state index >= 15 is 0 Å². The van der Waals surface area contributed by atoms with Crippen LogP contribution in [0.15, 0.2) is 30.9 Å². The molecule has 0 saturated carbocycles. The Hall–Kier alpha value is -1.35. The van der Waals surface area contributed by atoms with Crippen LogP contribution >= 0.6 is 0 Å². The lowest BCUT2D eigenvalue weighted by atomic mass is 10.2. The van der Waals surface area contributed by atoms with Crippen LogP contribution in [0.5, 0.6) is 5.75 Å². The van der Waals surface area contributed by atoms with Crippen LogP contribution in [0.1, 0.15) is 12.5 Å². The molecule has 0 bridgehead atoms. The second-order valence-electron chi connectivity index (χ2n) is 3.79. The van der Waals surface area contributed by atoms with Gasteiger partial charge in [0, 0.05) is 19.2 Å². The Morgan fingerprint density at radius 3 is 3.00 bits per heavy atom. The highest BCUT2D eigenvalue weighted by Gasteiger charge is 2.06. The first kappa shape index (κ1) is 12.7. The van der Waals surface area contributed by atoms with E-state index in [1.54, 1.807) is 12.1 Å². The van der Waals surface area contributed by atoms with Gasteiger partial charge in [-0.3, -0.25) is 0 Å². The fraction of sp³-hybridized carbons (Fsp3) is 0.385. The van der Waals surface area contributed by atoms with Gasteiger partial charge in [-0.2, -0.15) is 0 Å². The van der Waals surface area contributed by atoms with Crippen LogP contribution in [-0.2, 0) is 0 Å². The van der Waals surface area contributed by atoms with Crippen molar-refractivity contribution >= 4 is 0 Å². The largest absolute Gasteiger partial charge is 0.489 e. The van der Waals surface area contributed by atoms with Crippen molar-refractivity contribution in [3.8, 4) is 5.75 Å². The lowest BCUT2D eigenvalue weighted by molar-refractivity contribution is 0.216. The van der Waals surface area contributed by atoms with E-state index in [1.165, 1.54) is 12.1 Å². The van der Waals surface area contributed by atoms with Gasteiger partial charge in [0.2, 0.25) is 0 Å². The zero-order valence-electron chi connectivity index (χ0n) is 9.79. The molecule has 0 saturated heterocycles. The summed E-state index contributed by atoms with van der Waals surface area (Å²) in [7, 11) is 0. The maximum absolute atomic E-state index is 13.0. The molecule has 1 atom stereocenters. The van der Waals surface area contributed by atoms with E-state index in [4.69, 9.17) is 4.74 Å². The molecule has 0 aromatic heterocycles. The standard InChI is InChI=1S/C13H18FNO/c1-4-7-15-9-11(3)16-13-8-12(14)6-5-10(13)2/h4-6,8,11,15H,1,7,9H2,2-3H3. The first-order chi connectivity index (χ1) is 7.63. The third kappa shape index (κ3) is 4.03. The van der Waals surface area contributed by atoms with Crippen LogP contribution in [0, 0.1) is 12.7 Å². The van der Waals surface area contributed by atoms with Crippen LogP contribution in [-0.4, -0.2) is 19.2 Å². The minimum atomic E-state index is -0.271. The molecular formula is C13H18FNO. The molecule has 1 rings (SSSR count). The monoisotopic (exact) mass is 223 g/mol. The average Bonchev–Trinajstić information content (AvgIpc) is 2.24. The number of nitrogens with one attached hydrogen (secondary N) is 1. The molecule has 1 unspecified atom stereocenters. The molecular weight excluding hydrogens is 205 g/mol. The van der Waals surface area contributed by atoms with Crippen molar-refractivity contribution < 1.29 is 9.13 Å². The van der Waals surface area contributed by atoms with E-state index in [-0.39, 0.29) is 11.9 Å². The molecule has 1 aromatic carbocycles. The summed E-state index contributed by atoms with van der Waals surface area (Å²) in [5, 5.41) is 3.15. The highest BCUT2D eigenvalue weighted by atomic mass is 19.1. The van der Waals surface area contributed by atoms with Crippen molar-refractivity contribution in [3.05, 3.63) is 42.2 Å². The minimum Gasteiger partial charge on any atom is -0.489 e. The Morgan fingerprint density at radius 1 is 1.56 bits per heavy atom. The highest BCUT2D eigenvalue weighted by molar-refractivity contribution is 5.32. The quantitative estimate of drug-likeness (QED) is 0.591. The summed E-state index contributed by atoms with van der Waals surface area (Å²) >= 11 is 0. The summed E-state index contributed by atoms with van der Waals surface area (Å²) in [6.45, 7) is 8.92. The summed E-state index contributed by atoms with van der Waals surface area (Å²) in [5.41, 5.74) is 0.942. The van der Waals surface area contributed by atoms with Crippen LogP contribution in [0.2, 0.25) is 0 Å². The number of rotatable bonds is 6. The molecule has 0 aliphatic rings. The molecule has 0 spiro atoms. The molecule has 0 fully saturated rings. The zero-order chi connectivity index (χ0) is 12.0. The molecule has 3 heteroatoms. The molecule has 0 radical (unpaired) electrons. The van der Waals surface area contributed by atoms with Gasteiger partial charge in [0.1, 0.15) is 17.7 Å². The van der Waals surface area contributed by atoms with E-state index in [9.17, 15) is 4.39 Å². The first-order valence-corrected chi connectivity index (χ1v) is 5.38. The third-order valence-electron chi connectivity index (χ3n) is 2.20. The van der Waals surface area contributed by atoms with Crippen molar-refractivity contribution in [2.75, 3.05) is 13.1 Å². The van der Waals surface area contributed by atoms with Crippen LogP contribution in [0.4, 0.5) is 4.39 Å². The summed E-state index contributed by atoms with van der Waals surface area (Å²) < 4.78 is 18.6. The van der Waals surface area contributed by atoms with E-state index < -0.39 is 0 Å². The van der Waals surface area contributed by atoms with Gasteiger partial charge in [-0.1, -0.05) is 12.1 Å². The Balaban J connectivity index is 2.51. The summed E-state index contributed by atoms with van der Waals surface area (Å²) in [5.74, 6) is 0.333. The van der Waals surface area contributed by atoms with E-state index in [0.29, 0.717) is 12.3 Å². The molecule has 0 aliphatic heterocycles. The smallest absolute Gasteiger partial charge is 0.126 e. The Kier molecular flexibility index (Phi) is 4.99. The van der Waals surface area contributed by atoms with Gasteiger partial charge in [-0.05, 0) is 25.5 Å². The molecule has 1 N–H and O–H groups in total. The minimum absolute atomic E-state index is 0.000417. The highest BCUT2D eigenvalue weighted by Crippen LogP contribution is 2.19. The molecule has 0 aliphatic carbocycles. The molecule has 0 heterocycles. The number of hydrogen-bond donors (Lipinski definition) is 1. The second-order valence-corrected chi connectivity index (χ2v) is 3.79. The topological polar surface area (TPSA) is 21.3 Å². The molecule has 1 aromatic rings. The molecule has 16 heavy (non-hydrogen) atoms. The maximum atomic E-state index is 13.0. The zero-order valence-corrected chi connectivity index (χ0v) is 9.79. The van der Waals surface area contributed by atoms with Crippen molar-refractivity contribution in [2.24, 2.45) is 0 Å². The number of benzene rings is 1. The lowest BCUT2D eigenvalue weighted by Gasteiger charge is -2.16. The SMILES string of the molecule is C=CCNCC(C)Oc1cc(F)ccc1C. The molecule has 88 valence electrons. The second kappa shape index (κ2) is 6.28. The fourth-order valence-corrected chi connectivity index (χ4v) is 1.35. The Bertz CT molecular complexity index is 352. The van der Waals surface area contributed by atoms with Crippen molar-refractivity contribution in [2.45, 2.75) is 20.0 Å².